The van der Waals surface area contributed by atoms with Gasteiger partial charge in [-0.25, -0.2) is 4.98 Å². The van der Waals surface area contributed by atoms with E-state index in [2.05, 4.69) is 24.4 Å². The summed E-state index contributed by atoms with van der Waals surface area (Å²) < 4.78 is 6.37. The first-order chi connectivity index (χ1) is 15.6. The molecular formula is C25H23N3O3S. The predicted molar refractivity (Wildman–Crippen MR) is 126 cm³/mol. The van der Waals surface area contributed by atoms with E-state index < -0.39 is 0 Å². The molecule has 0 aliphatic carbocycles. The number of rotatable bonds is 4. The molecule has 4 aromatic rings. The van der Waals surface area contributed by atoms with Gasteiger partial charge < -0.3 is 14.6 Å². The molecule has 5 rings (SSSR count). The molecule has 2 amide bonds. The standard InChI is InChI=1S/C25H23N3O3S/c1-16-4-9-20-22(15-16)32-24(27-20)18-5-7-19(8-6-18)26-23(29)17-10-12-28(13-11-17)25(30)21-3-2-14-31-21/h2-9,14-15,17H,10-13H2,1H3,(H,26,29). The van der Waals surface area contributed by atoms with Crippen LogP contribution < -0.4 is 5.32 Å². The number of amides is 2. The zero-order chi connectivity index (χ0) is 22.1. The van der Waals surface area contributed by atoms with E-state index in [9.17, 15) is 9.59 Å². The Balaban J connectivity index is 1.19. The lowest BCUT2D eigenvalue weighted by Gasteiger charge is -2.30. The summed E-state index contributed by atoms with van der Waals surface area (Å²) in [5, 5.41) is 3.99. The van der Waals surface area contributed by atoms with Crippen molar-refractivity contribution < 1.29 is 14.0 Å². The molecule has 3 heterocycles. The summed E-state index contributed by atoms with van der Waals surface area (Å²) >= 11 is 1.67. The lowest BCUT2D eigenvalue weighted by molar-refractivity contribution is -0.121. The predicted octanol–water partition coefficient (Wildman–Crippen LogP) is 5.36. The van der Waals surface area contributed by atoms with Crippen LogP contribution in [0.3, 0.4) is 0 Å². The van der Waals surface area contributed by atoms with Gasteiger partial charge in [0.1, 0.15) is 5.01 Å². The van der Waals surface area contributed by atoms with E-state index in [1.807, 2.05) is 30.3 Å². The van der Waals surface area contributed by atoms with Crippen molar-refractivity contribution in [2.24, 2.45) is 5.92 Å². The normalized spacial score (nSPS) is 14.6. The molecule has 1 N–H and O–H groups in total. The maximum atomic E-state index is 12.7. The third-order valence-corrected chi connectivity index (χ3v) is 6.90. The van der Waals surface area contributed by atoms with E-state index in [0.29, 0.717) is 31.7 Å². The van der Waals surface area contributed by atoms with Crippen molar-refractivity contribution in [2.75, 3.05) is 18.4 Å². The van der Waals surface area contributed by atoms with Gasteiger partial charge in [-0.1, -0.05) is 6.07 Å². The molecule has 0 radical (unpaired) electrons. The molecule has 7 heteroatoms. The second-order valence-electron chi connectivity index (χ2n) is 8.10. The highest BCUT2D eigenvalue weighted by molar-refractivity contribution is 7.21. The third-order valence-electron chi connectivity index (χ3n) is 5.83. The number of benzene rings is 2. The summed E-state index contributed by atoms with van der Waals surface area (Å²) in [7, 11) is 0. The minimum absolute atomic E-state index is 0.00156. The van der Waals surface area contributed by atoms with Gasteiger partial charge in [-0.3, -0.25) is 9.59 Å². The Bertz CT molecular complexity index is 1250. The van der Waals surface area contributed by atoms with E-state index in [1.54, 1.807) is 28.4 Å². The van der Waals surface area contributed by atoms with E-state index in [0.717, 1.165) is 21.8 Å². The van der Waals surface area contributed by atoms with Crippen LogP contribution in [0, 0.1) is 12.8 Å². The Morgan fingerprint density at radius 3 is 2.59 bits per heavy atom. The summed E-state index contributed by atoms with van der Waals surface area (Å²) in [6, 6.07) is 17.5. The second kappa shape index (κ2) is 8.59. The minimum Gasteiger partial charge on any atom is -0.459 e. The molecule has 162 valence electrons. The quantitative estimate of drug-likeness (QED) is 0.459. The number of piperidine rings is 1. The zero-order valence-corrected chi connectivity index (χ0v) is 18.5. The molecule has 0 unspecified atom stereocenters. The number of fused-ring (bicyclic) bond motifs is 1. The highest BCUT2D eigenvalue weighted by Gasteiger charge is 2.28. The zero-order valence-electron chi connectivity index (χ0n) is 17.7. The molecule has 6 nitrogen and oxygen atoms in total. The summed E-state index contributed by atoms with van der Waals surface area (Å²) in [4.78, 5) is 31.6. The monoisotopic (exact) mass is 445 g/mol. The molecule has 2 aromatic carbocycles. The number of furan rings is 1. The van der Waals surface area contributed by atoms with Gasteiger partial charge >= 0.3 is 0 Å². The van der Waals surface area contributed by atoms with Crippen LogP contribution in [-0.4, -0.2) is 34.8 Å². The lowest BCUT2D eigenvalue weighted by atomic mass is 9.95. The Kier molecular flexibility index (Phi) is 5.49. The van der Waals surface area contributed by atoms with Crippen molar-refractivity contribution in [3.05, 3.63) is 72.2 Å². The van der Waals surface area contributed by atoms with E-state index in [-0.39, 0.29) is 17.7 Å². The van der Waals surface area contributed by atoms with Crippen LogP contribution in [0.4, 0.5) is 5.69 Å². The molecule has 1 saturated heterocycles. The maximum Gasteiger partial charge on any atom is 0.289 e. The molecule has 1 fully saturated rings. The number of aryl methyl sites for hydroxylation is 1. The van der Waals surface area contributed by atoms with E-state index in [1.165, 1.54) is 16.5 Å². The number of carbonyl (C=O) groups excluding carboxylic acids is 2. The van der Waals surface area contributed by atoms with Crippen molar-refractivity contribution in [1.82, 2.24) is 9.88 Å². The van der Waals surface area contributed by atoms with Gasteiger partial charge in [0.05, 0.1) is 16.5 Å². The number of hydrogen-bond acceptors (Lipinski definition) is 5. The molecule has 0 bridgehead atoms. The van der Waals surface area contributed by atoms with Crippen LogP contribution in [0.2, 0.25) is 0 Å². The van der Waals surface area contributed by atoms with Gasteiger partial charge in [0.15, 0.2) is 5.76 Å². The SMILES string of the molecule is Cc1ccc2nc(-c3ccc(NC(=O)C4CCN(C(=O)c5ccco5)CC4)cc3)sc2c1. The average molecular weight is 446 g/mol. The van der Waals surface area contributed by atoms with E-state index in [4.69, 9.17) is 9.40 Å². The fourth-order valence-electron chi connectivity index (χ4n) is 4.00. The largest absolute Gasteiger partial charge is 0.459 e. The number of aromatic nitrogens is 1. The number of hydrogen-bond donors (Lipinski definition) is 1. The minimum atomic E-state index is -0.116. The maximum absolute atomic E-state index is 12.7. The lowest BCUT2D eigenvalue weighted by Crippen LogP contribution is -2.41. The molecule has 1 aliphatic heterocycles. The third kappa shape index (κ3) is 4.16. The Labute approximate surface area is 189 Å². The summed E-state index contributed by atoms with van der Waals surface area (Å²) in [5.41, 5.74) is 4.03. The Morgan fingerprint density at radius 1 is 1.09 bits per heavy atom. The molecule has 2 aromatic heterocycles. The van der Waals surface area contributed by atoms with Crippen LogP contribution in [0.5, 0.6) is 0 Å². The van der Waals surface area contributed by atoms with Gasteiger partial charge in [-0.2, -0.15) is 0 Å². The number of nitrogens with zero attached hydrogens (tertiary/aromatic N) is 2. The fraction of sp³-hybridized carbons (Fsp3) is 0.240. The van der Waals surface area contributed by atoms with Crippen LogP contribution in [0.25, 0.3) is 20.8 Å². The number of carbonyl (C=O) groups is 2. The highest BCUT2D eigenvalue weighted by atomic mass is 32.1. The van der Waals surface area contributed by atoms with Crippen molar-refractivity contribution in [3.63, 3.8) is 0 Å². The first kappa shape index (κ1) is 20.5. The Morgan fingerprint density at radius 2 is 1.88 bits per heavy atom. The van der Waals surface area contributed by atoms with Gasteiger partial charge in [0, 0.05) is 30.3 Å². The van der Waals surface area contributed by atoms with Gasteiger partial charge in [0.2, 0.25) is 5.91 Å². The first-order valence-corrected chi connectivity index (χ1v) is 11.5. The number of anilines is 1. The number of nitrogens with one attached hydrogen (secondary N) is 1. The van der Waals surface area contributed by atoms with Crippen LogP contribution >= 0.6 is 11.3 Å². The van der Waals surface area contributed by atoms with Crippen LogP contribution in [0.1, 0.15) is 29.0 Å². The number of likely N-dealkylation sites (tertiary alicyclic amines) is 1. The first-order valence-electron chi connectivity index (χ1n) is 10.7. The number of thiazole rings is 1. The van der Waals surface area contributed by atoms with Gasteiger partial charge in [-0.15, -0.1) is 11.3 Å². The van der Waals surface area contributed by atoms with Crippen molar-refractivity contribution in [1.29, 1.82) is 0 Å². The van der Waals surface area contributed by atoms with Crippen LogP contribution in [0.15, 0.2) is 65.3 Å². The van der Waals surface area contributed by atoms with Gasteiger partial charge in [0.25, 0.3) is 5.91 Å². The molecule has 0 atom stereocenters. The molecular weight excluding hydrogens is 422 g/mol. The molecule has 32 heavy (non-hydrogen) atoms. The van der Waals surface area contributed by atoms with Gasteiger partial charge in [-0.05, 0) is 73.9 Å². The average Bonchev–Trinajstić information content (AvgIpc) is 3.49. The summed E-state index contributed by atoms with van der Waals surface area (Å²) in [5.74, 6) is 0.117. The van der Waals surface area contributed by atoms with Crippen molar-refractivity contribution in [2.45, 2.75) is 19.8 Å². The molecule has 1 aliphatic rings. The molecule has 0 saturated carbocycles. The second-order valence-corrected chi connectivity index (χ2v) is 9.13. The molecule has 0 spiro atoms. The Hall–Kier alpha value is -3.45. The fourth-order valence-corrected chi connectivity index (χ4v) is 5.07. The van der Waals surface area contributed by atoms with Crippen molar-refractivity contribution in [3.8, 4) is 10.6 Å². The summed E-state index contributed by atoms with van der Waals surface area (Å²) in [6.07, 6.45) is 2.78. The smallest absolute Gasteiger partial charge is 0.289 e. The highest BCUT2D eigenvalue weighted by Crippen LogP contribution is 2.31. The van der Waals surface area contributed by atoms with Crippen LogP contribution in [-0.2, 0) is 4.79 Å². The van der Waals surface area contributed by atoms with Crippen molar-refractivity contribution >= 4 is 39.1 Å². The van der Waals surface area contributed by atoms with E-state index >= 15 is 0 Å². The topological polar surface area (TPSA) is 75.4 Å². The summed E-state index contributed by atoms with van der Waals surface area (Å²) in [6.45, 7) is 3.18.